The summed E-state index contributed by atoms with van der Waals surface area (Å²) in [6.07, 6.45) is 7.91. The Balaban J connectivity index is 1.81. The van der Waals surface area contributed by atoms with Crippen LogP contribution in [-0.4, -0.2) is 45.7 Å². The second-order valence-electron chi connectivity index (χ2n) is 5.28. The monoisotopic (exact) mass is 298 g/mol. The van der Waals surface area contributed by atoms with Crippen molar-refractivity contribution in [1.82, 2.24) is 10.2 Å². The Morgan fingerprint density at radius 2 is 2.30 bits per heavy atom. The Hall–Kier alpha value is -1.17. The zero-order chi connectivity index (χ0) is 14.5. The number of carboxylic acid groups (broad SMARTS) is 1. The Morgan fingerprint density at radius 1 is 1.50 bits per heavy atom. The predicted molar refractivity (Wildman–Crippen MR) is 79.7 cm³/mol. The molecule has 1 heterocycles. The minimum Gasteiger partial charge on any atom is -0.480 e. The standard InChI is InChI=1S/C14H22N2O3S/c1-10-16(12(9-20-10)13(17)18)14(19)15-8-7-11-5-3-2-4-6-11/h5,10,12H,2-4,6-9H2,1H3,(H,15,19)(H,17,18). The van der Waals surface area contributed by atoms with Gasteiger partial charge in [0.05, 0.1) is 5.37 Å². The Kier molecular flexibility index (Phi) is 5.34. The fourth-order valence-electron chi connectivity index (χ4n) is 2.69. The van der Waals surface area contributed by atoms with Crippen molar-refractivity contribution >= 4 is 23.8 Å². The molecule has 0 bridgehead atoms. The SMILES string of the molecule is CC1SCC(C(=O)O)N1C(=O)NCCC1=CCCCC1. The molecule has 1 fully saturated rings. The van der Waals surface area contributed by atoms with Crippen LogP contribution < -0.4 is 5.32 Å². The number of rotatable bonds is 4. The van der Waals surface area contributed by atoms with E-state index in [1.165, 1.54) is 35.1 Å². The lowest BCUT2D eigenvalue weighted by atomic mass is 9.97. The smallest absolute Gasteiger partial charge is 0.327 e. The third-order valence-corrected chi connectivity index (χ3v) is 5.07. The minimum absolute atomic E-state index is 0.0787. The molecule has 1 aliphatic heterocycles. The molecule has 5 nitrogen and oxygen atoms in total. The number of hydrogen-bond donors (Lipinski definition) is 2. The first-order chi connectivity index (χ1) is 9.59. The normalized spacial score (nSPS) is 26.2. The molecule has 0 spiro atoms. The van der Waals surface area contributed by atoms with Crippen molar-refractivity contribution in [1.29, 1.82) is 0 Å². The number of aliphatic carboxylic acids is 1. The highest BCUT2D eigenvalue weighted by molar-refractivity contribution is 8.00. The van der Waals surface area contributed by atoms with Gasteiger partial charge in [-0.1, -0.05) is 11.6 Å². The lowest BCUT2D eigenvalue weighted by Crippen LogP contribution is -2.49. The molecule has 2 N–H and O–H groups in total. The van der Waals surface area contributed by atoms with Crippen LogP contribution in [0.2, 0.25) is 0 Å². The lowest BCUT2D eigenvalue weighted by molar-refractivity contribution is -0.141. The lowest BCUT2D eigenvalue weighted by Gasteiger charge is -2.25. The van der Waals surface area contributed by atoms with Gasteiger partial charge < -0.3 is 10.4 Å². The van der Waals surface area contributed by atoms with E-state index in [1.807, 2.05) is 6.92 Å². The first-order valence-corrected chi connectivity index (χ1v) is 8.23. The third kappa shape index (κ3) is 3.69. The summed E-state index contributed by atoms with van der Waals surface area (Å²) in [6, 6.07) is -0.963. The topological polar surface area (TPSA) is 69.6 Å². The van der Waals surface area contributed by atoms with Gasteiger partial charge in [0.2, 0.25) is 0 Å². The summed E-state index contributed by atoms with van der Waals surface area (Å²) < 4.78 is 0. The van der Waals surface area contributed by atoms with Gasteiger partial charge in [-0.05, 0) is 39.0 Å². The van der Waals surface area contributed by atoms with Crippen LogP contribution >= 0.6 is 11.8 Å². The molecule has 20 heavy (non-hydrogen) atoms. The quantitative estimate of drug-likeness (QED) is 0.782. The maximum Gasteiger partial charge on any atom is 0.327 e. The molecule has 6 heteroatoms. The van der Waals surface area contributed by atoms with E-state index >= 15 is 0 Å². The number of carbonyl (C=O) groups excluding carboxylic acids is 1. The first kappa shape index (κ1) is 15.2. The van der Waals surface area contributed by atoms with Crippen LogP contribution in [-0.2, 0) is 4.79 Å². The van der Waals surface area contributed by atoms with Gasteiger partial charge in [0.1, 0.15) is 6.04 Å². The molecule has 2 atom stereocenters. The van der Waals surface area contributed by atoms with Crippen LogP contribution in [0.3, 0.4) is 0 Å². The maximum absolute atomic E-state index is 12.1. The fourth-order valence-corrected chi connectivity index (χ4v) is 3.86. The average Bonchev–Trinajstić information content (AvgIpc) is 2.82. The van der Waals surface area contributed by atoms with Gasteiger partial charge in [-0.15, -0.1) is 11.8 Å². The molecule has 1 aliphatic carbocycles. The van der Waals surface area contributed by atoms with Gasteiger partial charge in [0, 0.05) is 12.3 Å². The second-order valence-corrected chi connectivity index (χ2v) is 6.63. The Labute approximate surface area is 123 Å². The predicted octanol–water partition coefficient (Wildman–Crippen LogP) is 2.43. The van der Waals surface area contributed by atoms with Gasteiger partial charge in [-0.3, -0.25) is 4.90 Å². The van der Waals surface area contributed by atoms with Gasteiger partial charge in [0.15, 0.2) is 0 Å². The summed E-state index contributed by atoms with van der Waals surface area (Å²) in [5.41, 5.74) is 1.41. The summed E-state index contributed by atoms with van der Waals surface area (Å²) >= 11 is 1.50. The van der Waals surface area contributed by atoms with Crippen LogP contribution in [0.4, 0.5) is 4.79 Å². The van der Waals surface area contributed by atoms with Crippen molar-refractivity contribution in [3.05, 3.63) is 11.6 Å². The molecule has 112 valence electrons. The van der Waals surface area contributed by atoms with E-state index in [1.54, 1.807) is 0 Å². The molecule has 0 aromatic carbocycles. The van der Waals surface area contributed by atoms with Crippen molar-refractivity contribution in [2.24, 2.45) is 0 Å². The highest BCUT2D eigenvalue weighted by Gasteiger charge is 2.39. The summed E-state index contributed by atoms with van der Waals surface area (Å²) in [4.78, 5) is 24.7. The summed E-state index contributed by atoms with van der Waals surface area (Å²) in [7, 11) is 0. The number of amides is 2. The van der Waals surface area contributed by atoms with Crippen LogP contribution in [0, 0.1) is 0 Å². The van der Waals surface area contributed by atoms with E-state index in [-0.39, 0.29) is 11.4 Å². The molecular formula is C14H22N2O3S. The van der Waals surface area contributed by atoms with Crippen LogP contribution in [0.15, 0.2) is 11.6 Å². The second kappa shape index (κ2) is 7.02. The van der Waals surface area contributed by atoms with Gasteiger partial charge >= 0.3 is 12.0 Å². The Morgan fingerprint density at radius 3 is 2.95 bits per heavy atom. The molecular weight excluding hydrogens is 276 g/mol. The van der Waals surface area contributed by atoms with E-state index in [2.05, 4.69) is 11.4 Å². The minimum atomic E-state index is -0.924. The van der Waals surface area contributed by atoms with Crippen molar-refractivity contribution in [3.8, 4) is 0 Å². The maximum atomic E-state index is 12.1. The third-order valence-electron chi connectivity index (χ3n) is 3.85. The highest BCUT2D eigenvalue weighted by atomic mass is 32.2. The van der Waals surface area contributed by atoms with Crippen molar-refractivity contribution < 1.29 is 14.7 Å². The van der Waals surface area contributed by atoms with E-state index in [9.17, 15) is 9.59 Å². The number of urea groups is 1. The Bertz CT molecular complexity index is 411. The summed E-state index contributed by atoms with van der Waals surface area (Å²) in [5.74, 6) is -0.457. The van der Waals surface area contributed by atoms with E-state index < -0.39 is 12.0 Å². The molecule has 0 saturated carbocycles. The molecule has 2 rings (SSSR count). The van der Waals surface area contributed by atoms with Crippen LogP contribution in [0.5, 0.6) is 0 Å². The number of carbonyl (C=O) groups is 2. The molecule has 2 amide bonds. The number of hydrogen-bond acceptors (Lipinski definition) is 3. The van der Waals surface area contributed by atoms with E-state index in [0.29, 0.717) is 12.3 Å². The van der Waals surface area contributed by atoms with Gasteiger partial charge in [-0.25, -0.2) is 9.59 Å². The average molecular weight is 298 g/mol. The van der Waals surface area contributed by atoms with Crippen LogP contribution in [0.1, 0.15) is 39.0 Å². The largest absolute Gasteiger partial charge is 0.480 e. The fraction of sp³-hybridized carbons (Fsp3) is 0.714. The molecule has 1 saturated heterocycles. The van der Waals surface area contributed by atoms with Crippen molar-refractivity contribution in [3.63, 3.8) is 0 Å². The zero-order valence-electron chi connectivity index (χ0n) is 11.8. The molecule has 0 aromatic heterocycles. The van der Waals surface area contributed by atoms with E-state index in [0.717, 1.165) is 19.3 Å². The summed E-state index contributed by atoms with van der Waals surface area (Å²) in [5, 5.41) is 11.9. The first-order valence-electron chi connectivity index (χ1n) is 7.18. The zero-order valence-corrected chi connectivity index (χ0v) is 12.6. The number of carboxylic acids is 1. The highest BCUT2D eigenvalue weighted by Crippen LogP contribution is 2.28. The molecule has 0 aromatic rings. The van der Waals surface area contributed by atoms with Crippen molar-refractivity contribution in [2.75, 3.05) is 12.3 Å². The number of thioether (sulfide) groups is 1. The van der Waals surface area contributed by atoms with Gasteiger partial charge in [-0.2, -0.15) is 0 Å². The van der Waals surface area contributed by atoms with Gasteiger partial charge in [0.25, 0.3) is 0 Å². The molecule has 0 radical (unpaired) electrons. The number of nitrogens with zero attached hydrogens (tertiary/aromatic N) is 1. The van der Waals surface area contributed by atoms with Crippen LogP contribution in [0.25, 0.3) is 0 Å². The number of allylic oxidation sites excluding steroid dienone is 1. The molecule has 2 aliphatic rings. The number of nitrogens with one attached hydrogen (secondary N) is 1. The molecule has 2 unspecified atom stereocenters. The summed E-state index contributed by atoms with van der Waals surface area (Å²) in [6.45, 7) is 2.46. The van der Waals surface area contributed by atoms with E-state index in [4.69, 9.17) is 5.11 Å². The van der Waals surface area contributed by atoms with Crippen molar-refractivity contribution in [2.45, 2.75) is 50.4 Å².